The second-order valence-corrected chi connectivity index (χ2v) is 4.44. The second kappa shape index (κ2) is 4.99. The monoisotopic (exact) mass is 264 g/mol. The van der Waals surface area contributed by atoms with Crippen molar-refractivity contribution in [2.45, 2.75) is 6.92 Å². The SMILES string of the molecule is C=C(C)CN(C)c1ccc(C#N)c(Br)c1. The molecular formula is C12H13BrN2. The summed E-state index contributed by atoms with van der Waals surface area (Å²) in [5.74, 6) is 0. The molecule has 1 aromatic carbocycles. The van der Waals surface area contributed by atoms with Gasteiger partial charge in [-0.25, -0.2) is 0 Å². The largest absolute Gasteiger partial charge is 0.371 e. The molecule has 0 aliphatic rings. The summed E-state index contributed by atoms with van der Waals surface area (Å²) in [6.45, 7) is 6.68. The zero-order valence-electron chi connectivity index (χ0n) is 8.92. The normalized spacial score (nSPS) is 9.47. The Labute approximate surface area is 99.0 Å². The molecule has 0 amide bonds. The number of rotatable bonds is 3. The van der Waals surface area contributed by atoms with E-state index in [2.05, 4.69) is 33.5 Å². The van der Waals surface area contributed by atoms with Crippen molar-refractivity contribution < 1.29 is 0 Å². The molecule has 0 aliphatic heterocycles. The Morgan fingerprint density at radius 2 is 2.27 bits per heavy atom. The highest BCUT2D eigenvalue weighted by Gasteiger charge is 2.04. The lowest BCUT2D eigenvalue weighted by Gasteiger charge is -2.19. The average molecular weight is 265 g/mol. The van der Waals surface area contributed by atoms with Gasteiger partial charge >= 0.3 is 0 Å². The van der Waals surface area contributed by atoms with Crippen LogP contribution in [0.1, 0.15) is 12.5 Å². The second-order valence-electron chi connectivity index (χ2n) is 3.59. The van der Waals surface area contributed by atoms with E-state index in [1.165, 1.54) is 0 Å². The molecular weight excluding hydrogens is 252 g/mol. The van der Waals surface area contributed by atoms with Crippen LogP contribution in [0, 0.1) is 11.3 Å². The van der Waals surface area contributed by atoms with Crippen molar-refractivity contribution in [1.82, 2.24) is 0 Å². The molecule has 0 radical (unpaired) electrons. The molecule has 0 spiro atoms. The standard InChI is InChI=1S/C12H13BrN2/c1-9(2)8-15(3)11-5-4-10(7-14)12(13)6-11/h4-6H,1,8H2,2-3H3. The number of likely N-dealkylation sites (N-methyl/N-ethyl adjacent to an activating group) is 1. The van der Waals surface area contributed by atoms with E-state index in [4.69, 9.17) is 5.26 Å². The number of anilines is 1. The van der Waals surface area contributed by atoms with E-state index >= 15 is 0 Å². The lowest BCUT2D eigenvalue weighted by Crippen LogP contribution is -2.18. The minimum Gasteiger partial charge on any atom is -0.371 e. The molecule has 1 rings (SSSR count). The van der Waals surface area contributed by atoms with E-state index in [1.54, 1.807) is 0 Å². The molecule has 3 heteroatoms. The van der Waals surface area contributed by atoms with Gasteiger partial charge in [0.15, 0.2) is 0 Å². The molecule has 0 N–H and O–H groups in total. The molecule has 0 bridgehead atoms. The third kappa shape index (κ3) is 3.10. The van der Waals surface area contributed by atoms with Crippen LogP contribution in [0.3, 0.4) is 0 Å². The first-order valence-electron chi connectivity index (χ1n) is 4.59. The van der Waals surface area contributed by atoms with Crippen molar-refractivity contribution in [3.63, 3.8) is 0 Å². The van der Waals surface area contributed by atoms with Crippen LogP contribution >= 0.6 is 15.9 Å². The Balaban J connectivity index is 2.93. The molecule has 0 aliphatic carbocycles. The lowest BCUT2D eigenvalue weighted by atomic mass is 10.2. The van der Waals surface area contributed by atoms with Gasteiger partial charge < -0.3 is 4.90 Å². The fraction of sp³-hybridized carbons (Fsp3) is 0.250. The van der Waals surface area contributed by atoms with Gasteiger partial charge in [0.1, 0.15) is 6.07 Å². The fourth-order valence-electron chi connectivity index (χ4n) is 1.33. The number of nitriles is 1. The molecule has 2 nitrogen and oxygen atoms in total. The number of nitrogens with zero attached hydrogens (tertiary/aromatic N) is 2. The van der Waals surface area contributed by atoms with Crippen LogP contribution in [-0.4, -0.2) is 13.6 Å². The quantitative estimate of drug-likeness (QED) is 0.784. The van der Waals surface area contributed by atoms with Gasteiger partial charge in [-0.1, -0.05) is 12.2 Å². The van der Waals surface area contributed by atoms with E-state index in [0.29, 0.717) is 5.56 Å². The van der Waals surface area contributed by atoms with Crippen molar-refractivity contribution in [3.05, 3.63) is 40.4 Å². The highest BCUT2D eigenvalue weighted by atomic mass is 79.9. The van der Waals surface area contributed by atoms with Gasteiger partial charge in [0.2, 0.25) is 0 Å². The fourth-order valence-corrected chi connectivity index (χ4v) is 1.78. The molecule has 0 heterocycles. The maximum atomic E-state index is 8.79. The minimum atomic E-state index is 0.655. The molecule has 0 unspecified atom stereocenters. The van der Waals surface area contributed by atoms with Crippen LogP contribution in [0.25, 0.3) is 0 Å². The molecule has 0 atom stereocenters. The number of hydrogen-bond donors (Lipinski definition) is 0. The molecule has 0 saturated carbocycles. The zero-order chi connectivity index (χ0) is 11.4. The van der Waals surface area contributed by atoms with E-state index in [-0.39, 0.29) is 0 Å². The van der Waals surface area contributed by atoms with Crippen LogP contribution < -0.4 is 4.90 Å². The summed E-state index contributed by atoms with van der Waals surface area (Å²) < 4.78 is 0.830. The summed E-state index contributed by atoms with van der Waals surface area (Å²) in [5, 5.41) is 8.79. The van der Waals surface area contributed by atoms with Crippen molar-refractivity contribution in [2.75, 3.05) is 18.5 Å². The van der Waals surface area contributed by atoms with E-state index in [9.17, 15) is 0 Å². The maximum Gasteiger partial charge on any atom is 0.100 e. The highest BCUT2D eigenvalue weighted by molar-refractivity contribution is 9.10. The Bertz CT molecular complexity index is 418. The number of hydrogen-bond acceptors (Lipinski definition) is 2. The third-order valence-electron chi connectivity index (χ3n) is 2.02. The van der Waals surface area contributed by atoms with Crippen LogP contribution in [0.15, 0.2) is 34.8 Å². The van der Waals surface area contributed by atoms with Gasteiger partial charge in [-0.2, -0.15) is 5.26 Å². The summed E-state index contributed by atoms with van der Waals surface area (Å²) in [4.78, 5) is 2.09. The lowest BCUT2D eigenvalue weighted by molar-refractivity contribution is 0.985. The summed E-state index contributed by atoms with van der Waals surface area (Å²) >= 11 is 3.37. The summed E-state index contributed by atoms with van der Waals surface area (Å²) in [6.07, 6.45) is 0. The Kier molecular flexibility index (Phi) is 3.93. The predicted octanol–water partition coefficient (Wildman–Crippen LogP) is 3.33. The molecule has 15 heavy (non-hydrogen) atoms. The zero-order valence-corrected chi connectivity index (χ0v) is 10.5. The van der Waals surface area contributed by atoms with E-state index in [1.807, 2.05) is 32.2 Å². The van der Waals surface area contributed by atoms with Crippen molar-refractivity contribution in [3.8, 4) is 6.07 Å². The summed E-state index contributed by atoms with van der Waals surface area (Å²) in [6, 6.07) is 7.82. The molecule has 0 fully saturated rings. The van der Waals surface area contributed by atoms with Gasteiger partial charge in [0.05, 0.1) is 5.56 Å². The van der Waals surface area contributed by atoms with Crippen LogP contribution in [-0.2, 0) is 0 Å². The number of benzene rings is 1. The maximum absolute atomic E-state index is 8.79. The van der Waals surface area contributed by atoms with Crippen molar-refractivity contribution >= 4 is 21.6 Å². The van der Waals surface area contributed by atoms with Crippen molar-refractivity contribution in [1.29, 1.82) is 5.26 Å². The molecule has 1 aromatic rings. The van der Waals surface area contributed by atoms with Gasteiger partial charge in [0.25, 0.3) is 0 Å². The smallest absolute Gasteiger partial charge is 0.100 e. The van der Waals surface area contributed by atoms with Gasteiger partial charge in [0, 0.05) is 23.8 Å². The van der Waals surface area contributed by atoms with Gasteiger partial charge in [-0.05, 0) is 41.1 Å². The third-order valence-corrected chi connectivity index (χ3v) is 2.68. The predicted molar refractivity (Wildman–Crippen MR) is 66.9 cm³/mol. The number of halogens is 1. The van der Waals surface area contributed by atoms with Crippen LogP contribution in [0.2, 0.25) is 0 Å². The first-order valence-corrected chi connectivity index (χ1v) is 5.39. The first kappa shape index (κ1) is 11.8. The van der Waals surface area contributed by atoms with E-state index < -0.39 is 0 Å². The average Bonchev–Trinajstić information content (AvgIpc) is 2.16. The first-order chi connectivity index (χ1) is 7.04. The van der Waals surface area contributed by atoms with Crippen LogP contribution in [0.5, 0.6) is 0 Å². The van der Waals surface area contributed by atoms with Crippen molar-refractivity contribution in [2.24, 2.45) is 0 Å². The topological polar surface area (TPSA) is 27.0 Å². The minimum absolute atomic E-state index is 0.655. The Morgan fingerprint density at radius 1 is 1.60 bits per heavy atom. The molecule has 0 saturated heterocycles. The molecule has 0 aromatic heterocycles. The highest BCUT2D eigenvalue weighted by Crippen LogP contribution is 2.23. The van der Waals surface area contributed by atoms with Gasteiger partial charge in [-0.15, -0.1) is 0 Å². The van der Waals surface area contributed by atoms with Gasteiger partial charge in [-0.3, -0.25) is 0 Å². The summed E-state index contributed by atoms with van der Waals surface area (Å²) in [5.41, 5.74) is 2.84. The van der Waals surface area contributed by atoms with Crippen LogP contribution in [0.4, 0.5) is 5.69 Å². The Hall–Kier alpha value is -1.27. The Morgan fingerprint density at radius 3 is 2.73 bits per heavy atom. The summed E-state index contributed by atoms with van der Waals surface area (Å²) in [7, 11) is 2.00. The van der Waals surface area contributed by atoms with E-state index in [0.717, 1.165) is 22.3 Å². The molecule has 78 valence electrons.